The fraction of sp³-hybridized carbons (Fsp3) is 0.500. The molecule has 4 heteroatoms. The Balaban J connectivity index is 2.86. The summed E-state index contributed by atoms with van der Waals surface area (Å²) in [7, 11) is 1.70. The van der Waals surface area contributed by atoms with E-state index < -0.39 is 6.10 Å². The molecular formula is C14H22N2O2. The molecule has 1 rings (SSSR count). The highest BCUT2D eigenvalue weighted by Crippen LogP contribution is 2.16. The van der Waals surface area contributed by atoms with Crippen LogP contribution in [0.15, 0.2) is 18.2 Å². The molecule has 1 unspecified atom stereocenters. The lowest BCUT2D eigenvalue weighted by Gasteiger charge is -2.20. The Labute approximate surface area is 109 Å². The Kier molecular flexibility index (Phi) is 5.16. The number of carbonyl (C=O) groups is 1. The van der Waals surface area contributed by atoms with Gasteiger partial charge in [0.1, 0.15) is 0 Å². The first kappa shape index (κ1) is 14.5. The van der Waals surface area contributed by atoms with Crippen LogP contribution in [0.25, 0.3) is 0 Å². The van der Waals surface area contributed by atoms with Gasteiger partial charge in [0, 0.05) is 31.4 Å². The third-order valence-electron chi connectivity index (χ3n) is 2.72. The Morgan fingerprint density at radius 2 is 2.17 bits per heavy atom. The van der Waals surface area contributed by atoms with Gasteiger partial charge in [0.05, 0.1) is 6.10 Å². The standard InChI is InChI=1S/C14H22N2O2/c1-5-15-12-6-7-13(10(2)8-12)14(18)16(4)9-11(3)17/h6-8,11,15,17H,5,9H2,1-4H3. The topological polar surface area (TPSA) is 52.6 Å². The zero-order chi connectivity index (χ0) is 13.7. The van der Waals surface area contributed by atoms with E-state index in [4.69, 9.17) is 0 Å². The van der Waals surface area contributed by atoms with Crippen LogP contribution in [0.3, 0.4) is 0 Å². The third kappa shape index (κ3) is 3.74. The van der Waals surface area contributed by atoms with Crippen molar-refractivity contribution in [3.05, 3.63) is 29.3 Å². The van der Waals surface area contributed by atoms with E-state index in [0.29, 0.717) is 12.1 Å². The van der Waals surface area contributed by atoms with E-state index in [1.54, 1.807) is 18.9 Å². The minimum atomic E-state index is -0.514. The highest BCUT2D eigenvalue weighted by Gasteiger charge is 2.15. The first-order chi connectivity index (χ1) is 8.45. The van der Waals surface area contributed by atoms with Crippen molar-refractivity contribution < 1.29 is 9.90 Å². The quantitative estimate of drug-likeness (QED) is 0.839. The first-order valence-corrected chi connectivity index (χ1v) is 6.23. The number of likely N-dealkylation sites (N-methyl/N-ethyl adjacent to an activating group) is 1. The van der Waals surface area contributed by atoms with Crippen molar-refractivity contribution >= 4 is 11.6 Å². The van der Waals surface area contributed by atoms with Crippen LogP contribution in [0.4, 0.5) is 5.69 Å². The van der Waals surface area contributed by atoms with Gasteiger partial charge in [0.25, 0.3) is 5.91 Å². The number of nitrogens with one attached hydrogen (secondary N) is 1. The molecule has 0 radical (unpaired) electrons. The van der Waals surface area contributed by atoms with Gasteiger partial charge in [-0.05, 0) is 44.5 Å². The normalized spacial score (nSPS) is 12.1. The van der Waals surface area contributed by atoms with Gasteiger partial charge >= 0.3 is 0 Å². The average molecular weight is 250 g/mol. The molecule has 1 aromatic rings. The molecule has 0 aliphatic rings. The summed E-state index contributed by atoms with van der Waals surface area (Å²) in [4.78, 5) is 13.7. The smallest absolute Gasteiger partial charge is 0.253 e. The fourth-order valence-corrected chi connectivity index (χ4v) is 1.90. The first-order valence-electron chi connectivity index (χ1n) is 6.23. The summed E-state index contributed by atoms with van der Waals surface area (Å²) in [6.07, 6.45) is -0.514. The van der Waals surface area contributed by atoms with E-state index in [1.165, 1.54) is 0 Å². The molecule has 0 saturated heterocycles. The summed E-state index contributed by atoms with van der Waals surface area (Å²) in [6, 6.07) is 5.70. The third-order valence-corrected chi connectivity index (χ3v) is 2.72. The largest absolute Gasteiger partial charge is 0.392 e. The maximum absolute atomic E-state index is 12.2. The zero-order valence-corrected chi connectivity index (χ0v) is 11.5. The fourth-order valence-electron chi connectivity index (χ4n) is 1.90. The van der Waals surface area contributed by atoms with Crippen molar-refractivity contribution in [3.63, 3.8) is 0 Å². The minimum absolute atomic E-state index is 0.0588. The predicted molar refractivity (Wildman–Crippen MR) is 74.0 cm³/mol. The molecule has 0 saturated carbocycles. The van der Waals surface area contributed by atoms with Gasteiger partial charge in [0.2, 0.25) is 0 Å². The second-order valence-corrected chi connectivity index (χ2v) is 4.59. The van der Waals surface area contributed by atoms with Crippen LogP contribution >= 0.6 is 0 Å². The van der Waals surface area contributed by atoms with Crippen LogP contribution in [-0.2, 0) is 0 Å². The second-order valence-electron chi connectivity index (χ2n) is 4.59. The van der Waals surface area contributed by atoms with Crippen molar-refractivity contribution in [2.75, 3.05) is 25.5 Å². The number of benzene rings is 1. The SMILES string of the molecule is CCNc1ccc(C(=O)N(C)CC(C)O)c(C)c1. The molecule has 100 valence electrons. The van der Waals surface area contributed by atoms with Gasteiger partial charge in [-0.2, -0.15) is 0 Å². The average Bonchev–Trinajstić information content (AvgIpc) is 2.28. The number of aliphatic hydroxyl groups is 1. The van der Waals surface area contributed by atoms with E-state index in [2.05, 4.69) is 5.32 Å². The van der Waals surface area contributed by atoms with E-state index >= 15 is 0 Å². The maximum atomic E-state index is 12.2. The number of hydrogen-bond donors (Lipinski definition) is 2. The van der Waals surface area contributed by atoms with E-state index in [9.17, 15) is 9.90 Å². The predicted octanol–water partition coefficient (Wildman–Crippen LogP) is 1.88. The number of carbonyl (C=O) groups excluding carboxylic acids is 1. The van der Waals surface area contributed by atoms with Crippen LogP contribution in [-0.4, -0.2) is 42.2 Å². The van der Waals surface area contributed by atoms with Crippen LogP contribution < -0.4 is 5.32 Å². The molecule has 0 aliphatic heterocycles. The molecule has 0 fully saturated rings. The zero-order valence-electron chi connectivity index (χ0n) is 11.5. The lowest BCUT2D eigenvalue weighted by molar-refractivity contribution is 0.0703. The molecule has 0 aromatic heterocycles. The Hall–Kier alpha value is -1.55. The van der Waals surface area contributed by atoms with Crippen LogP contribution in [0.5, 0.6) is 0 Å². The molecule has 1 atom stereocenters. The molecule has 4 nitrogen and oxygen atoms in total. The summed E-state index contributed by atoms with van der Waals surface area (Å²) >= 11 is 0. The molecule has 18 heavy (non-hydrogen) atoms. The van der Waals surface area contributed by atoms with Crippen molar-refractivity contribution in [1.29, 1.82) is 0 Å². The Morgan fingerprint density at radius 1 is 1.50 bits per heavy atom. The van der Waals surface area contributed by atoms with Gasteiger partial charge in [-0.3, -0.25) is 4.79 Å². The van der Waals surface area contributed by atoms with Gasteiger partial charge < -0.3 is 15.3 Å². The molecule has 0 spiro atoms. The van der Waals surface area contributed by atoms with Crippen molar-refractivity contribution in [3.8, 4) is 0 Å². The number of aryl methyl sites for hydroxylation is 1. The lowest BCUT2D eigenvalue weighted by atomic mass is 10.1. The van der Waals surface area contributed by atoms with Gasteiger partial charge in [0.15, 0.2) is 0 Å². The van der Waals surface area contributed by atoms with Crippen LogP contribution in [0.2, 0.25) is 0 Å². The molecule has 2 N–H and O–H groups in total. The molecule has 0 aliphatic carbocycles. The second kappa shape index (κ2) is 6.40. The van der Waals surface area contributed by atoms with E-state index in [0.717, 1.165) is 17.8 Å². The number of nitrogens with zero attached hydrogens (tertiary/aromatic N) is 1. The summed E-state index contributed by atoms with van der Waals surface area (Å²) < 4.78 is 0. The lowest BCUT2D eigenvalue weighted by Crippen LogP contribution is -2.33. The van der Waals surface area contributed by atoms with Crippen LogP contribution in [0, 0.1) is 6.92 Å². The minimum Gasteiger partial charge on any atom is -0.392 e. The molecule has 0 heterocycles. The summed E-state index contributed by atoms with van der Waals surface area (Å²) in [5, 5.41) is 12.5. The highest BCUT2D eigenvalue weighted by atomic mass is 16.3. The van der Waals surface area contributed by atoms with Crippen molar-refractivity contribution in [2.24, 2.45) is 0 Å². The summed E-state index contributed by atoms with van der Waals surface area (Å²) in [5.41, 5.74) is 2.64. The Bertz CT molecular complexity index is 416. The number of rotatable bonds is 5. The summed E-state index contributed by atoms with van der Waals surface area (Å²) in [5.74, 6) is -0.0588. The van der Waals surface area contributed by atoms with Gasteiger partial charge in [-0.25, -0.2) is 0 Å². The van der Waals surface area contributed by atoms with Gasteiger partial charge in [-0.15, -0.1) is 0 Å². The Morgan fingerprint density at radius 3 is 2.67 bits per heavy atom. The van der Waals surface area contributed by atoms with Gasteiger partial charge in [-0.1, -0.05) is 0 Å². The van der Waals surface area contributed by atoms with Crippen molar-refractivity contribution in [1.82, 2.24) is 4.90 Å². The number of amides is 1. The highest BCUT2D eigenvalue weighted by molar-refractivity contribution is 5.95. The summed E-state index contributed by atoms with van der Waals surface area (Å²) in [6.45, 7) is 6.82. The number of hydrogen-bond acceptors (Lipinski definition) is 3. The van der Waals surface area contributed by atoms with Crippen molar-refractivity contribution in [2.45, 2.75) is 26.9 Å². The van der Waals surface area contributed by atoms with E-state index in [1.807, 2.05) is 32.0 Å². The maximum Gasteiger partial charge on any atom is 0.253 e. The van der Waals surface area contributed by atoms with Crippen LogP contribution in [0.1, 0.15) is 29.8 Å². The molecule has 1 amide bonds. The molecule has 1 aromatic carbocycles. The monoisotopic (exact) mass is 250 g/mol. The molecular weight excluding hydrogens is 228 g/mol. The molecule has 0 bridgehead atoms. The number of aliphatic hydroxyl groups excluding tert-OH is 1. The number of anilines is 1. The van der Waals surface area contributed by atoms with E-state index in [-0.39, 0.29) is 5.91 Å².